The molecule has 3 aliphatic heterocycles. The van der Waals surface area contributed by atoms with E-state index in [0.717, 1.165) is 25.0 Å². The van der Waals surface area contributed by atoms with Gasteiger partial charge in [0.2, 0.25) is 5.91 Å². The van der Waals surface area contributed by atoms with Crippen LogP contribution >= 0.6 is 0 Å². The number of anilines is 1. The fraction of sp³-hybridized carbons (Fsp3) is 0.696. The second kappa shape index (κ2) is 10.0. The number of amides is 1. The summed E-state index contributed by atoms with van der Waals surface area (Å²) < 4.78 is 68.4. The smallest absolute Gasteiger partial charge is 0.368 e. The molecular formula is C23H33F3N4O3S. The summed E-state index contributed by atoms with van der Waals surface area (Å²) in [6, 6.07) is 5.24. The Hall–Kier alpha value is -1.85. The van der Waals surface area contributed by atoms with Crippen LogP contribution in [-0.4, -0.2) is 80.2 Å². The van der Waals surface area contributed by atoms with Crippen molar-refractivity contribution < 1.29 is 26.4 Å². The lowest BCUT2D eigenvalue weighted by Gasteiger charge is -2.40. The second-order valence-corrected chi connectivity index (χ2v) is 11.6. The number of hydrogen-bond acceptors (Lipinski definition) is 4. The maximum atomic E-state index is 13.2. The number of halogens is 3. The maximum Gasteiger partial charge on any atom is 0.416 e. The average Bonchev–Trinajstić information content (AvgIpc) is 2.83. The normalized spacial score (nSPS) is 24.4. The number of carbonyl (C=O) groups excluding carboxylic acids is 1. The van der Waals surface area contributed by atoms with Crippen molar-refractivity contribution in [2.45, 2.75) is 38.8 Å². The molecule has 11 heteroatoms. The van der Waals surface area contributed by atoms with Gasteiger partial charge in [-0.15, -0.1) is 0 Å². The Morgan fingerprint density at radius 2 is 1.62 bits per heavy atom. The molecule has 1 amide bonds. The number of carbonyl (C=O) groups is 1. The van der Waals surface area contributed by atoms with Gasteiger partial charge in [-0.05, 0) is 49.8 Å². The summed E-state index contributed by atoms with van der Waals surface area (Å²) in [5.74, 6) is 0.0833. The molecule has 3 saturated heterocycles. The summed E-state index contributed by atoms with van der Waals surface area (Å²) in [5, 5.41) is 0. The van der Waals surface area contributed by atoms with Crippen molar-refractivity contribution in [2.24, 2.45) is 11.8 Å². The Kier molecular flexibility index (Phi) is 7.44. The molecule has 4 rings (SSSR count). The zero-order chi connectivity index (χ0) is 24.5. The van der Waals surface area contributed by atoms with Gasteiger partial charge in [0.05, 0.1) is 11.5 Å². The molecule has 0 spiro atoms. The zero-order valence-electron chi connectivity index (χ0n) is 19.5. The molecule has 0 aliphatic carbocycles. The Morgan fingerprint density at radius 3 is 2.26 bits per heavy atom. The third-order valence-electron chi connectivity index (χ3n) is 7.26. The first kappa shape index (κ1) is 25.2. The molecule has 190 valence electrons. The third-order valence-corrected chi connectivity index (χ3v) is 9.26. The lowest BCUT2D eigenvalue weighted by Crippen LogP contribution is -2.55. The van der Waals surface area contributed by atoms with Crippen molar-refractivity contribution in [1.82, 2.24) is 13.5 Å². The molecular weight excluding hydrogens is 469 g/mol. The van der Waals surface area contributed by atoms with Crippen molar-refractivity contribution in [3.8, 4) is 0 Å². The zero-order valence-corrected chi connectivity index (χ0v) is 20.3. The number of nitrogens with zero attached hydrogens (tertiary/aromatic N) is 4. The van der Waals surface area contributed by atoms with Gasteiger partial charge in [-0.25, -0.2) is 0 Å². The highest BCUT2D eigenvalue weighted by atomic mass is 32.2. The van der Waals surface area contributed by atoms with E-state index >= 15 is 0 Å². The van der Waals surface area contributed by atoms with E-state index in [2.05, 4.69) is 6.92 Å². The van der Waals surface area contributed by atoms with E-state index in [4.69, 9.17) is 0 Å². The van der Waals surface area contributed by atoms with Crippen LogP contribution < -0.4 is 4.90 Å². The minimum Gasteiger partial charge on any atom is -0.368 e. The molecule has 0 N–H and O–H groups in total. The molecule has 0 radical (unpaired) electrons. The molecule has 3 fully saturated rings. The van der Waals surface area contributed by atoms with Gasteiger partial charge < -0.3 is 9.80 Å². The van der Waals surface area contributed by atoms with Gasteiger partial charge in [0, 0.05) is 58.0 Å². The first-order valence-electron chi connectivity index (χ1n) is 12.0. The maximum absolute atomic E-state index is 13.2. The van der Waals surface area contributed by atoms with Crippen LogP contribution in [-0.2, 0) is 21.2 Å². The standard InChI is InChI=1S/C23H33F3N4O3S/c1-18-7-10-29(11-8-18)34(32,33)30-9-3-4-19(17-30)22(31)28-14-12-27(13-15-28)21-6-2-5-20(16-21)23(24,25)26/h2,5-6,16,18-19H,3-4,7-15,17H2,1H3/t19-/m1/s1. The molecule has 0 unspecified atom stereocenters. The van der Waals surface area contributed by atoms with Crippen molar-refractivity contribution in [3.63, 3.8) is 0 Å². The van der Waals surface area contributed by atoms with E-state index < -0.39 is 21.9 Å². The molecule has 34 heavy (non-hydrogen) atoms. The summed E-state index contributed by atoms with van der Waals surface area (Å²) >= 11 is 0. The van der Waals surface area contributed by atoms with Gasteiger partial charge in [-0.1, -0.05) is 13.0 Å². The molecule has 7 nitrogen and oxygen atoms in total. The number of alkyl halides is 3. The van der Waals surface area contributed by atoms with Crippen molar-refractivity contribution in [3.05, 3.63) is 29.8 Å². The number of piperazine rings is 1. The molecule has 1 aromatic carbocycles. The van der Waals surface area contributed by atoms with Crippen LogP contribution in [0.5, 0.6) is 0 Å². The van der Waals surface area contributed by atoms with Crippen molar-refractivity contribution in [1.29, 1.82) is 0 Å². The third kappa shape index (κ3) is 5.52. The van der Waals surface area contributed by atoms with E-state index in [0.29, 0.717) is 70.3 Å². The Bertz CT molecular complexity index is 972. The monoisotopic (exact) mass is 502 g/mol. The highest BCUT2D eigenvalue weighted by Crippen LogP contribution is 2.32. The van der Waals surface area contributed by atoms with Crippen LogP contribution in [0.15, 0.2) is 24.3 Å². The second-order valence-electron chi connectivity index (χ2n) is 9.65. The highest BCUT2D eigenvalue weighted by molar-refractivity contribution is 7.86. The first-order chi connectivity index (χ1) is 16.1. The van der Waals surface area contributed by atoms with Gasteiger partial charge in [0.1, 0.15) is 0 Å². The minimum absolute atomic E-state index is 0.0594. The Balaban J connectivity index is 1.34. The van der Waals surface area contributed by atoms with E-state index in [-0.39, 0.29) is 18.4 Å². The SMILES string of the molecule is CC1CCN(S(=O)(=O)N2CCC[C@@H](C(=O)N3CCN(c4cccc(C(F)(F)F)c4)CC3)C2)CC1. The predicted octanol–water partition coefficient (Wildman–Crippen LogP) is 3.04. The summed E-state index contributed by atoms with van der Waals surface area (Å²) in [6.45, 7) is 5.49. The first-order valence-corrected chi connectivity index (χ1v) is 13.4. The van der Waals surface area contributed by atoms with Crippen LogP contribution in [0.1, 0.15) is 38.2 Å². The van der Waals surface area contributed by atoms with Gasteiger partial charge in [0.25, 0.3) is 10.2 Å². The molecule has 0 aromatic heterocycles. The minimum atomic E-state index is -4.40. The highest BCUT2D eigenvalue weighted by Gasteiger charge is 2.38. The molecule has 1 aromatic rings. The summed E-state index contributed by atoms with van der Waals surface area (Å²) in [5.41, 5.74) is -0.192. The predicted molar refractivity (Wildman–Crippen MR) is 123 cm³/mol. The average molecular weight is 503 g/mol. The summed E-state index contributed by atoms with van der Waals surface area (Å²) in [7, 11) is -3.57. The van der Waals surface area contributed by atoms with Gasteiger partial charge >= 0.3 is 6.18 Å². The van der Waals surface area contributed by atoms with Gasteiger partial charge in [-0.3, -0.25) is 4.79 Å². The Morgan fingerprint density at radius 1 is 0.941 bits per heavy atom. The fourth-order valence-electron chi connectivity index (χ4n) is 5.05. The number of rotatable bonds is 4. The topological polar surface area (TPSA) is 64.2 Å². The van der Waals surface area contributed by atoms with E-state index in [1.807, 2.05) is 4.90 Å². The molecule has 0 saturated carbocycles. The van der Waals surface area contributed by atoms with Gasteiger partial charge in [0.15, 0.2) is 0 Å². The van der Waals surface area contributed by atoms with Crippen molar-refractivity contribution in [2.75, 3.05) is 57.3 Å². The number of piperidine rings is 2. The Labute approximate surface area is 199 Å². The lowest BCUT2D eigenvalue weighted by atomic mass is 9.97. The fourth-order valence-corrected chi connectivity index (χ4v) is 6.78. The van der Waals surface area contributed by atoms with E-state index in [1.165, 1.54) is 10.4 Å². The van der Waals surface area contributed by atoms with Crippen molar-refractivity contribution >= 4 is 21.8 Å². The summed E-state index contributed by atoms with van der Waals surface area (Å²) in [6.07, 6.45) is -1.40. The van der Waals surface area contributed by atoms with Gasteiger partial charge in [-0.2, -0.15) is 30.2 Å². The van der Waals surface area contributed by atoms with E-state index in [9.17, 15) is 26.4 Å². The van der Waals surface area contributed by atoms with E-state index in [1.54, 1.807) is 15.3 Å². The van der Waals surface area contributed by atoms with Crippen LogP contribution in [0.4, 0.5) is 18.9 Å². The largest absolute Gasteiger partial charge is 0.416 e. The quantitative estimate of drug-likeness (QED) is 0.635. The lowest BCUT2D eigenvalue weighted by molar-refractivity contribution is -0.137. The number of hydrogen-bond donors (Lipinski definition) is 0. The molecule has 0 bridgehead atoms. The molecule has 1 atom stereocenters. The van der Waals surface area contributed by atoms with Crippen LogP contribution in [0.2, 0.25) is 0 Å². The number of benzene rings is 1. The molecule has 3 aliphatic rings. The molecule has 3 heterocycles. The summed E-state index contributed by atoms with van der Waals surface area (Å²) in [4.78, 5) is 16.8. The van der Waals surface area contributed by atoms with Crippen LogP contribution in [0.25, 0.3) is 0 Å². The van der Waals surface area contributed by atoms with Crippen LogP contribution in [0, 0.1) is 11.8 Å². The van der Waals surface area contributed by atoms with Crippen LogP contribution in [0.3, 0.4) is 0 Å².